The fourth-order valence-corrected chi connectivity index (χ4v) is 2.51. The van der Waals surface area contributed by atoms with Gasteiger partial charge in [-0.2, -0.15) is 0 Å². The van der Waals surface area contributed by atoms with Crippen LogP contribution in [0, 0.1) is 5.82 Å². The molecule has 0 bridgehead atoms. The molecule has 3 rings (SSSR count). The molecule has 21 heavy (non-hydrogen) atoms. The van der Waals surface area contributed by atoms with E-state index in [1.807, 2.05) is 6.07 Å². The van der Waals surface area contributed by atoms with Crippen molar-refractivity contribution in [3.8, 4) is 0 Å². The van der Waals surface area contributed by atoms with Crippen molar-refractivity contribution in [2.45, 2.75) is 13.0 Å². The molecule has 6 heteroatoms. The predicted octanol–water partition coefficient (Wildman–Crippen LogP) is 2.48. The average Bonchev–Trinajstić information content (AvgIpc) is 2.88. The zero-order valence-corrected chi connectivity index (χ0v) is 12.5. The van der Waals surface area contributed by atoms with E-state index in [0.29, 0.717) is 24.2 Å². The Morgan fingerprint density at radius 2 is 2.19 bits per heavy atom. The van der Waals surface area contributed by atoms with E-state index in [0.717, 1.165) is 12.1 Å². The van der Waals surface area contributed by atoms with E-state index in [4.69, 9.17) is 0 Å². The van der Waals surface area contributed by atoms with Crippen LogP contribution in [0.5, 0.6) is 0 Å². The Labute approximate surface area is 128 Å². The molecule has 1 aliphatic rings. The van der Waals surface area contributed by atoms with Crippen molar-refractivity contribution in [2.75, 3.05) is 11.9 Å². The summed E-state index contributed by atoms with van der Waals surface area (Å²) in [5.74, 6) is -0.614. The molecule has 1 amide bonds. The lowest BCUT2D eigenvalue weighted by molar-refractivity contribution is 0.101. The SMILES string of the molecule is Cl.Cn1cccc1C(=O)Nc1ccc2c(c1F)CCNC2. The summed E-state index contributed by atoms with van der Waals surface area (Å²) in [5, 5.41) is 5.85. The molecule has 2 heterocycles. The number of fused-ring (bicyclic) bond motifs is 1. The first-order valence-corrected chi connectivity index (χ1v) is 6.60. The lowest BCUT2D eigenvalue weighted by Gasteiger charge is -2.19. The maximum Gasteiger partial charge on any atom is 0.272 e. The number of carbonyl (C=O) groups excluding carboxylic acids is 1. The number of halogens is 2. The number of anilines is 1. The minimum atomic E-state index is -0.313. The summed E-state index contributed by atoms with van der Waals surface area (Å²) in [6.45, 7) is 1.44. The van der Waals surface area contributed by atoms with E-state index in [9.17, 15) is 9.18 Å². The van der Waals surface area contributed by atoms with Gasteiger partial charge in [0.15, 0.2) is 0 Å². The summed E-state index contributed by atoms with van der Waals surface area (Å²) in [6, 6.07) is 6.98. The van der Waals surface area contributed by atoms with Gasteiger partial charge in [0.25, 0.3) is 5.91 Å². The summed E-state index contributed by atoms with van der Waals surface area (Å²) in [6.07, 6.45) is 2.43. The van der Waals surface area contributed by atoms with Crippen LogP contribution in [-0.2, 0) is 20.0 Å². The molecule has 0 aliphatic carbocycles. The Morgan fingerprint density at radius 1 is 1.38 bits per heavy atom. The van der Waals surface area contributed by atoms with Crippen molar-refractivity contribution in [3.63, 3.8) is 0 Å². The van der Waals surface area contributed by atoms with Crippen molar-refractivity contribution in [1.82, 2.24) is 9.88 Å². The number of aromatic nitrogens is 1. The van der Waals surface area contributed by atoms with Gasteiger partial charge in [-0.1, -0.05) is 6.07 Å². The van der Waals surface area contributed by atoms with Crippen molar-refractivity contribution < 1.29 is 9.18 Å². The molecule has 112 valence electrons. The smallest absolute Gasteiger partial charge is 0.272 e. The van der Waals surface area contributed by atoms with E-state index >= 15 is 0 Å². The molecule has 0 spiro atoms. The topological polar surface area (TPSA) is 46.1 Å². The normalized spacial score (nSPS) is 13.2. The third-order valence-electron chi connectivity index (χ3n) is 3.63. The molecule has 2 aromatic rings. The van der Waals surface area contributed by atoms with E-state index in [1.54, 1.807) is 36.0 Å². The molecule has 0 fully saturated rings. The summed E-state index contributed by atoms with van der Waals surface area (Å²) >= 11 is 0. The monoisotopic (exact) mass is 309 g/mol. The summed E-state index contributed by atoms with van der Waals surface area (Å²) in [4.78, 5) is 12.1. The van der Waals surface area contributed by atoms with Gasteiger partial charge in [-0.25, -0.2) is 4.39 Å². The number of hydrogen-bond acceptors (Lipinski definition) is 2. The van der Waals surface area contributed by atoms with Crippen LogP contribution >= 0.6 is 12.4 Å². The maximum atomic E-state index is 14.4. The lowest BCUT2D eigenvalue weighted by atomic mass is 9.99. The van der Waals surface area contributed by atoms with Gasteiger partial charge in [0, 0.05) is 19.8 Å². The molecule has 0 saturated carbocycles. The third kappa shape index (κ3) is 2.94. The minimum Gasteiger partial charge on any atom is -0.347 e. The third-order valence-corrected chi connectivity index (χ3v) is 3.63. The number of carbonyl (C=O) groups is 1. The Kier molecular flexibility index (Phi) is 4.65. The van der Waals surface area contributed by atoms with Gasteiger partial charge in [-0.3, -0.25) is 4.79 Å². The van der Waals surface area contributed by atoms with Gasteiger partial charge >= 0.3 is 0 Å². The van der Waals surface area contributed by atoms with E-state index in [-0.39, 0.29) is 29.8 Å². The molecule has 0 radical (unpaired) electrons. The molecule has 0 unspecified atom stereocenters. The standard InChI is InChI=1S/C15H16FN3O.ClH/c1-19-8-2-3-13(19)15(20)18-12-5-4-10-9-17-7-6-11(10)14(12)16;/h2-5,8,17H,6-7,9H2,1H3,(H,18,20);1H. The molecular weight excluding hydrogens is 293 g/mol. The lowest BCUT2D eigenvalue weighted by Crippen LogP contribution is -2.25. The molecule has 0 saturated heterocycles. The molecule has 1 aromatic heterocycles. The quantitative estimate of drug-likeness (QED) is 0.895. The van der Waals surface area contributed by atoms with E-state index in [1.165, 1.54) is 0 Å². The van der Waals surface area contributed by atoms with Crippen molar-refractivity contribution >= 4 is 24.0 Å². The molecule has 1 aliphatic heterocycles. The van der Waals surface area contributed by atoms with Crippen LogP contribution in [0.2, 0.25) is 0 Å². The van der Waals surface area contributed by atoms with Crippen LogP contribution in [0.4, 0.5) is 10.1 Å². The second-order valence-electron chi connectivity index (χ2n) is 4.95. The second kappa shape index (κ2) is 6.28. The number of nitrogens with one attached hydrogen (secondary N) is 2. The van der Waals surface area contributed by atoms with Gasteiger partial charge < -0.3 is 15.2 Å². The number of rotatable bonds is 2. The maximum absolute atomic E-state index is 14.4. The van der Waals surface area contributed by atoms with Crippen LogP contribution in [-0.4, -0.2) is 17.0 Å². The summed E-state index contributed by atoms with van der Waals surface area (Å²) in [7, 11) is 1.78. The Hall–Kier alpha value is -1.85. The summed E-state index contributed by atoms with van der Waals surface area (Å²) in [5.41, 5.74) is 2.42. The molecule has 1 aromatic carbocycles. The van der Waals surface area contributed by atoms with Crippen LogP contribution in [0.3, 0.4) is 0 Å². The second-order valence-corrected chi connectivity index (χ2v) is 4.95. The number of aryl methyl sites for hydroxylation is 1. The molecule has 4 nitrogen and oxygen atoms in total. The first-order valence-electron chi connectivity index (χ1n) is 6.60. The zero-order chi connectivity index (χ0) is 14.1. The molecular formula is C15H17ClFN3O. The Bertz CT molecular complexity index is 669. The predicted molar refractivity (Wildman–Crippen MR) is 82.4 cm³/mol. The van der Waals surface area contributed by atoms with E-state index < -0.39 is 0 Å². The minimum absolute atomic E-state index is 0. The Morgan fingerprint density at radius 3 is 2.90 bits per heavy atom. The Balaban J connectivity index is 0.00000161. The highest BCUT2D eigenvalue weighted by atomic mass is 35.5. The van der Waals surface area contributed by atoms with Gasteiger partial charge in [0.05, 0.1) is 5.69 Å². The highest BCUT2D eigenvalue weighted by Gasteiger charge is 2.18. The van der Waals surface area contributed by atoms with Crippen LogP contribution in [0.15, 0.2) is 30.5 Å². The van der Waals surface area contributed by atoms with Crippen molar-refractivity contribution in [3.05, 3.63) is 53.1 Å². The fourth-order valence-electron chi connectivity index (χ4n) is 2.51. The van der Waals surface area contributed by atoms with Crippen molar-refractivity contribution in [1.29, 1.82) is 0 Å². The number of hydrogen-bond donors (Lipinski definition) is 2. The van der Waals surface area contributed by atoms with Crippen LogP contribution < -0.4 is 10.6 Å². The first kappa shape index (κ1) is 15.5. The van der Waals surface area contributed by atoms with Crippen LogP contribution in [0.1, 0.15) is 21.6 Å². The average molecular weight is 310 g/mol. The molecule has 0 atom stereocenters. The van der Waals surface area contributed by atoms with Gasteiger partial charge in [-0.15, -0.1) is 12.4 Å². The number of nitrogens with zero attached hydrogens (tertiary/aromatic N) is 1. The zero-order valence-electron chi connectivity index (χ0n) is 11.6. The molecule has 2 N–H and O–H groups in total. The van der Waals surface area contributed by atoms with E-state index in [2.05, 4.69) is 10.6 Å². The van der Waals surface area contributed by atoms with Crippen LogP contribution in [0.25, 0.3) is 0 Å². The first-order chi connectivity index (χ1) is 9.66. The van der Waals surface area contributed by atoms with Crippen molar-refractivity contribution in [2.24, 2.45) is 7.05 Å². The van der Waals surface area contributed by atoms with Gasteiger partial charge in [0.1, 0.15) is 11.5 Å². The van der Waals surface area contributed by atoms with Gasteiger partial charge in [0.2, 0.25) is 0 Å². The van der Waals surface area contributed by atoms with Gasteiger partial charge in [-0.05, 0) is 42.3 Å². The number of amides is 1. The fraction of sp³-hybridized carbons (Fsp3) is 0.267. The largest absolute Gasteiger partial charge is 0.347 e. The number of benzene rings is 1. The summed E-state index contributed by atoms with van der Waals surface area (Å²) < 4.78 is 16.1. The highest BCUT2D eigenvalue weighted by Crippen LogP contribution is 2.24. The highest BCUT2D eigenvalue weighted by molar-refractivity contribution is 6.03.